The van der Waals surface area contributed by atoms with Gasteiger partial charge in [0.1, 0.15) is 0 Å². The van der Waals surface area contributed by atoms with E-state index in [0.717, 1.165) is 12.5 Å². The van der Waals surface area contributed by atoms with E-state index in [9.17, 15) is 4.79 Å². The van der Waals surface area contributed by atoms with Crippen molar-refractivity contribution in [3.63, 3.8) is 0 Å². The van der Waals surface area contributed by atoms with E-state index in [0.29, 0.717) is 12.0 Å². The number of nitrogens with zero attached hydrogens (tertiary/aromatic N) is 1. The third-order valence-corrected chi connectivity index (χ3v) is 3.59. The molecule has 1 amide bonds. The molecule has 1 aliphatic heterocycles. The Morgan fingerprint density at radius 1 is 1.44 bits per heavy atom. The van der Waals surface area contributed by atoms with Crippen molar-refractivity contribution in [2.24, 2.45) is 17.7 Å². The Kier molecular flexibility index (Phi) is 4.74. The second-order valence-corrected chi connectivity index (χ2v) is 5.41. The third-order valence-electron chi connectivity index (χ3n) is 3.59. The molecule has 0 spiro atoms. The molecule has 1 saturated heterocycles. The van der Waals surface area contributed by atoms with E-state index in [1.54, 1.807) is 0 Å². The standard InChI is InChI=1S/C12H25N3O/c1-8(2)11(12(16)14-13)15-6-5-9(3)7-10(15)4/h8-11H,5-7,13H2,1-4H3,(H,14,16). The van der Waals surface area contributed by atoms with Gasteiger partial charge in [-0.05, 0) is 38.1 Å². The minimum atomic E-state index is -0.0903. The number of carbonyl (C=O) groups excluding carboxylic acids is 1. The number of likely N-dealkylation sites (tertiary alicyclic amines) is 1. The smallest absolute Gasteiger partial charge is 0.251 e. The van der Waals surface area contributed by atoms with E-state index in [-0.39, 0.29) is 11.9 Å². The van der Waals surface area contributed by atoms with Gasteiger partial charge in [0, 0.05) is 6.04 Å². The van der Waals surface area contributed by atoms with Crippen molar-refractivity contribution in [2.75, 3.05) is 6.54 Å². The lowest BCUT2D eigenvalue weighted by atomic mass is 9.89. The summed E-state index contributed by atoms with van der Waals surface area (Å²) in [5.41, 5.74) is 2.29. The summed E-state index contributed by atoms with van der Waals surface area (Å²) in [6, 6.07) is 0.376. The molecule has 1 fully saturated rings. The van der Waals surface area contributed by atoms with Crippen LogP contribution in [0.5, 0.6) is 0 Å². The second kappa shape index (κ2) is 5.64. The molecule has 0 bridgehead atoms. The van der Waals surface area contributed by atoms with Gasteiger partial charge in [-0.15, -0.1) is 0 Å². The van der Waals surface area contributed by atoms with Gasteiger partial charge in [0.2, 0.25) is 0 Å². The van der Waals surface area contributed by atoms with Crippen LogP contribution >= 0.6 is 0 Å². The van der Waals surface area contributed by atoms with Gasteiger partial charge in [-0.1, -0.05) is 20.8 Å². The van der Waals surface area contributed by atoms with Crippen molar-refractivity contribution in [3.05, 3.63) is 0 Å². The van der Waals surface area contributed by atoms with Crippen molar-refractivity contribution in [1.82, 2.24) is 10.3 Å². The summed E-state index contributed by atoms with van der Waals surface area (Å²) in [6.07, 6.45) is 2.34. The first-order valence-corrected chi connectivity index (χ1v) is 6.23. The highest BCUT2D eigenvalue weighted by atomic mass is 16.2. The number of hydrazine groups is 1. The fourth-order valence-electron chi connectivity index (χ4n) is 2.76. The summed E-state index contributed by atoms with van der Waals surface area (Å²) in [6.45, 7) is 9.63. The predicted octanol–water partition coefficient (Wildman–Crippen LogP) is 1.12. The van der Waals surface area contributed by atoms with Crippen molar-refractivity contribution < 1.29 is 4.79 Å². The monoisotopic (exact) mass is 227 g/mol. The number of amides is 1. The molecule has 3 N–H and O–H groups in total. The Labute approximate surface area is 98.5 Å². The Balaban J connectivity index is 2.74. The van der Waals surface area contributed by atoms with Gasteiger partial charge in [0.25, 0.3) is 5.91 Å². The lowest BCUT2D eigenvalue weighted by Gasteiger charge is -2.42. The minimum Gasteiger partial charge on any atom is -0.293 e. The van der Waals surface area contributed by atoms with E-state index in [4.69, 9.17) is 5.84 Å². The van der Waals surface area contributed by atoms with E-state index in [1.807, 2.05) is 0 Å². The van der Waals surface area contributed by atoms with Gasteiger partial charge in [-0.2, -0.15) is 0 Å². The van der Waals surface area contributed by atoms with Gasteiger partial charge in [0.15, 0.2) is 0 Å². The molecule has 0 aromatic carbocycles. The quantitative estimate of drug-likeness (QED) is 0.431. The van der Waals surface area contributed by atoms with Crippen molar-refractivity contribution in [2.45, 2.75) is 52.6 Å². The number of nitrogens with two attached hydrogens (primary N) is 1. The summed E-state index contributed by atoms with van der Waals surface area (Å²) < 4.78 is 0. The first-order valence-electron chi connectivity index (χ1n) is 6.23. The molecule has 0 aromatic rings. The van der Waals surface area contributed by atoms with Crippen LogP contribution in [-0.4, -0.2) is 29.4 Å². The topological polar surface area (TPSA) is 58.4 Å². The van der Waals surface area contributed by atoms with Gasteiger partial charge in [-0.25, -0.2) is 5.84 Å². The number of piperidine rings is 1. The normalized spacial score (nSPS) is 29.1. The molecule has 0 aliphatic carbocycles. The Morgan fingerprint density at radius 2 is 2.06 bits per heavy atom. The van der Waals surface area contributed by atoms with Crippen LogP contribution in [0.15, 0.2) is 0 Å². The molecule has 4 nitrogen and oxygen atoms in total. The van der Waals surface area contributed by atoms with E-state index in [2.05, 4.69) is 38.0 Å². The maximum Gasteiger partial charge on any atom is 0.251 e. The lowest BCUT2D eigenvalue weighted by Crippen LogP contribution is -2.56. The molecule has 16 heavy (non-hydrogen) atoms. The minimum absolute atomic E-state index is 0.0589. The number of rotatable bonds is 3. The fourth-order valence-corrected chi connectivity index (χ4v) is 2.76. The van der Waals surface area contributed by atoms with Crippen LogP contribution in [0.1, 0.15) is 40.5 Å². The van der Waals surface area contributed by atoms with Crippen LogP contribution in [0.3, 0.4) is 0 Å². The summed E-state index contributed by atoms with van der Waals surface area (Å²) in [5, 5.41) is 0. The molecular weight excluding hydrogens is 202 g/mol. The summed E-state index contributed by atoms with van der Waals surface area (Å²) >= 11 is 0. The van der Waals surface area contributed by atoms with Crippen LogP contribution in [0.4, 0.5) is 0 Å². The van der Waals surface area contributed by atoms with Crippen molar-refractivity contribution in [1.29, 1.82) is 0 Å². The molecule has 1 heterocycles. The highest BCUT2D eigenvalue weighted by Gasteiger charge is 2.34. The fraction of sp³-hybridized carbons (Fsp3) is 0.917. The summed E-state index contributed by atoms with van der Waals surface area (Å²) in [5.74, 6) is 6.26. The Morgan fingerprint density at radius 3 is 2.50 bits per heavy atom. The van der Waals surface area contributed by atoms with Crippen LogP contribution in [-0.2, 0) is 4.79 Å². The van der Waals surface area contributed by atoms with Crippen LogP contribution in [0, 0.1) is 11.8 Å². The number of hydrogen-bond donors (Lipinski definition) is 2. The zero-order chi connectivity index (χ0) is 12.3. The average Bonchev–Trinajstić information content (AvgIpc) is 2.21. The van der Waals surface area contributed by atoms with Crippen LogP contribution < -0.4 is 11.3 Å². The summed E-state index contributed by atoms with van der Waals surface area (Å²) in [7, 11) is 0. The molecule has 0 saturated carbocycles. The van der Waals surface area contributed by atoms with E-state index in [1.165, 1.54) is 12.8 Å². The first-order chi connectivity index (χ1) is 7.47. The second-order valence-electron chi connectivity index (χ2n) is 5.41. The van der Waals surface area contributed by atoms with Crippen LogP contribution in [0.25, 0.3) is 0 Å². The predicted molar refractivity (Wildman–Crippen MR) is 65.5 cm³/mol. The molecule has 3 unspecified atom stereocenters. The SMILES string of the molecule is CC1CCN(C(C(=O)NN)C(C)C)C(C)C1. The molecular formula is C12H25N3O. The maximum atomic E-state index is 11.8. The van der Waals surface area contributed by atoms with Gasteiger partial charge < -0.3 is 0 Å². The molecule has 4 heteroatoms. The van der Waals surface area contributed by atoms with Crippen LogP contribution in [0.2, 0.25) is 0 Å². The molecule has 1 rings (SSSR count). The zero-order valence-electron chi connectivity index (χ0n) is 10.9. The molecule has 3 atom stereocenters. The number of carbonyl (C=O) groups is 1. The Bertz CT molecular complexity index is 242. The Hall–Kier alpha value is -0.610. The van der Waals surface area contributed by atoms with Gasteiger partial charge in [-0.3, -0.25) is 15.1 Å². The van der Waals surface area contributed by atoms with Gasteiger partial charge in [0.05, 0.1) is 6.04 Å². The third kappa shape index (κ3) is 2.95. The molecule has 0 aromatic heterocycles. The first kappa shape index (κ1) is 13.5. The van der Waals surface area contributed by atoms with E-state index >= 15 is 0 Å². The van der Waals surface area contributed by atoms with Gasteiger partial charge >= 0.3 is 0 Å². The lowest BCUT2D eigenvalue weighted by molar-refractivity contribution is -0.130. The number of hydrogen-bond acceptors (Lipinski definition) is 3. The average molecular weight is 227 g/mol. The molecule has 1 aliphatic rings. The largest absolute Gasteiger partial charge is 0.293 e. The zero-order valence-corrected chi connectivity index (χ0v) is 10.9. The summed E-state index contributed by atoms with van der Waals surface area (Å²) in [4.78, 5) is 14.1. The van der Waals surface area contributed by atoms with E-state index < -0.39 is 0 Å². The molecule has 94 valence electrons. The number of nitrogens with one attached hydrogen (secondary N) is 1. The van der Waals surface area contributed by atoms with Crippen molar-refractivity contribution in [3.8, 4) is 0 Å². The van der Waals surface area contributed by atoms with Crippen molar-refractivity contribution >= 4 is 5.91 Å². The maximum absolute atomic E-state index is 11.8. The highest BCUT2D eigenvalue weighted by molar-refractivity contribution is 5.81. The molecule has 0 radical (unpaired) electrons. The highest BCUT2D eigenvalue weighted by Crippen LogP contribution is 2.26.